The molecular formula is C23H20F3N5O3. The van der Waals surface area contributed by atoms with Gasteiger partial charge in [-0.15, -0.1) is 0 Å². The lowest BCUT2D eigenvalue weighted by Crippen LogP contribution is -2.33. The number of carbonyl (C=O) groups excluding carboxylic acids is 1. The van der Waals surface area contributed by atoms with Gasteiger partial charge in [0, 0.05) is 6.54 Å². The minimum atomic E-state index is -4.52. The fourth-order valence-corrected chi connectivity index (χ4v) is 3.52. The Balaban J connectivity index is 1.48. The van der Waals surface area contributed by atoms with E-state index in [4.69, 9.17) is 4.74 Å². The van der Waals surface area contributed by atoms with Gasteiger partial charge in [-0.1, -0.05) is 24.3 Å². The van der Waals surface area contributed by atoms with Gasteiger partial charge in [0.15, 0.2) is 5.65 Å². The Labute approximate surface area is 191 Å². The van der Waals surface area contributed by atoms with E-state index in [1.54, 1.807) is 7.11 Å². The summed E-state index contributed by atoms with van der Waals surface area (Å²) >= 11 is 0. The van der Waals surface area contributed by atoms with Gasteiger partial charge in [-0.25, -0.2) is 9.67 Å². The minimum Gasteiger partial charge on any atom is -0.496 e. The predicted molar refractivity (Wildman–Crippen MR) is 118 cm³/mol. The molecule has 0 fully saturated rings. The van der Waals surface area contributed by atoms with Crippen LogP contribution < -0.4 is 15.6 Å². The van der Waals surface area contributed by atoms with Crippen LogP contribution in [0.4, 0.5) is 13.2 Å². The zero-order valence-electron chi connectivity index (χ0n) is 18.0. The van der Waals surface area contributed by atoms with Crippen molar-refractivity contribution < 1.29 is 22.7 Å². The summed E-state index contributed by atoms with van der Waals surface area (Å²) < 4.78 is 46.7. The lowest BCUT2D eigenvalue weighted by Gasteiger charge is -2.10. The number of hydrogen-bond acceptors (Lipinski definition) is 5. The Bertz CT molecular complexity index is 1390. The van der Waals surface area contributed by atoms with Crippen molar-refractivity contribution in [3.05, 3.63) is 82.5 Å². The monoisotopic (exact) mass is 471 g/mol. The van der Waals surface area contributed by atoms with Crippen molar-refractivity contribution in [1.82, 2.24) is 24.6 Å². The second-order valence-electron chi connectivity index (χ2n) is 7.43. The molecule has 0 spiro atoms. The van der Waals surface area contributed by atoms with Crippen molar-refractivity contribution in [3.8, 4) is 11.4 Å². The first-order valence-electron chi connectivity index (χ1n) is 10.3. The number of carbonyl (C=O) groups is 1. The number of benzene rings is 2. The highest BCUT2D eigenvalue weighted by Crippen LogP contribution is 2.30. The Hall–Kier alpha value is -4.15. The Kier molecular flexibility index (Phi) is 6.35. The van der Waals surface area contributed by atoms with Crippen LogP contribution in [0, 0.1) is 0 Å². The molecule has 0 aliphatic carbocycles. The Morgan fingerprint density at radius 1 is 1.15 bits per heavy atom. The van der Waals surface area contributed by atoms with Crippen molar-refractivity contribution in [2.24, 2.45) is 0 Å². The number of rotatable bonds is 7. The molecule has 0 aliphatic rings. The van der Waals surface area contributed by atoms with Crippen molar-refractivity contribution in [2.75, 3.05) is 13.7 Å². The van der Waals surface area contributed by atoms with E-state index in [1.165, 1.54) is 24.7 Å². The summed E-state index contributed by atoms with van der Waals surface area (Å²) in [4.78, 5) is 29.3. The lowest BCUT2D eigenvalue weighted by molar-refractivity contribution is -0.137. The Morgan fingerprint density at radius 3 is 2.71 bits per heavy atom. The van der Waals surface area contributed by atoms with Crippen LogP contribution in [0.3, 0.4) is 0 Å². The highest BCUT2D eigenvalue weighted by Gasteiger charge is 2.30. The normalized spacial score (nSPS) is 11.5. The first-order chi connectivity index (χ1) is 16.3. The van der Waals surface area contributed by atoms with E-state index in [0.29, 0.717) is 13.0 Å². The molecule has 4 rings (SSSR count). The standard InChI is InChI=1S/C23H20F3N5O3/c1-34-19-8-3-2-5-15(19)9-10-27-20(32)13-30-14-28-21-18(22(30)33)12-29-31(21)17-7-4-6-16(11-17)23(24,25)26/h2-8,11-12,14H,9-10,13H2,1H3,(H,27,32). The van der Waals surface area contributed by atoms with Crippen molar-refractivity contribution in [2.45, 2.75) is 19.1 Å². The van der Waals surface area contributed by atoms with Crippen LogP contribution in [-0.4, -0.2) is 38.9 Å². The summed E-state index contributed by atoms with van der Waals surface area (Å²) in [6.45, 7) is 0.0829. The molecule has 0 saturated carbocycles. The number of ether oxygens (including phenoxy) is 1. The number of nitrogens with one attached hydrogen (secondary N) is 1. The second-order valence-corrected chi connectivity index (χ2v) is 7.43. The summed E-state index contributed by atoms with van der Waals surface area (Å²) in [7, 11) is 1.57. The molecule has 176 valence electrons. The van der Waals surface area contributed by atoms with Crippen LogP contribution in [-0.2, 0) is 23.9 Å². The van der Waals surface area contributed by atoms with E-state index in [0.717, 1.165) is 32.7 Å². The molecule has 0 saturated heterocycles. The number of alkyl halides is 3. The molecule has 0 atom stereocenters. The van der Waals surface area contributed by atoms with Crippen molar-refractivity contribution in [3.63, 3.8) is 0 Å². The topological polar surface area (TPSA) is 91.0 Å². The zero-order valence-corrected chi connectivity index (χ0v) is 18.0. The molecule has 8 nitrogen and oxygen atoms in total. The summed E-state index contributed by atoms with van der Waals surface area (Å²) in [5.41, 5.74) is -0.219. The van der Waals surface area contributed by atoms with Gasteiger partial charge in [-0.3, -0.25) is 14.2 Å². The number of fused-ring (bicyclic) bond motifs is 1. The summed E-state index contributed by atoms with van der Waals surface area (Å²) in [6, 6.07) is 12.0. The van der Waals surface area contributed by atoms with Gasteiger partial charge in [0.1, 0.15) is 24.0 Å². The third-order valence-electron chi connectivity index (χ3n) is 5.20. The van der Waals surface area contributed by atoms with Crippen LogP contribution in [0.15, 0.2) is 65.8 Å². The average molecular weight is 471 g/mol. The van der Waals surface area contributed by atoms with Crippen molar-refractivity contribution >= 4 is 16.9 Å². The molecule has 34 heavy (non-hydrogen) atoms. The lowest BCUT2D eigenvalue weighted by atomic mass is 10.1. The first-order valence-corrected chi connectivity index (χ1v) is 10.3. The number of aromatic nitrogens is 4. The fourth-order valence-electron chi connectivity index (χ4n) is 3.52. The number of para-hydroxylation sites is 1. The summed E-state index contributed by atoms with van der Waals surface area (Å²) in [6.07, 6.45) is -1.57. The third kappa shape index (κ3) is 4.77. The Morgan fingerprint density at radius 2 is 1.94 bits per heavy atom. The zero-order chi connectivity index (χ0) is 24.3. The molecule has 4 aromatic rings. The molecule has 2 aromatic carbocycles. The maximum Gasteiger partial charge on any atom is 0.416 e. The molecule has 0 bridgehead atoms. The molecule has 1 N–H and O–H groups in total. The average Bonchev–Trinajstić information content (AvgIpc) is 3.26. The maximum absolute atomic E-state index is 13.0. The largest absolute Gasteiger partial charge is 0.496 e. The first kappa shape index (κ1) is 23.0. The van der Waals surface area contributed by atoms with Gasteiger partial charge >= 0.3 is 6.18 Å². The van der Waals surface area contributed by atoms with Gasteiger partial charge < -0.3 is 10.1 Å². The van der Waals surface area contributed by atoms with Gasteiger partial charge in [-0.2, -0.15) is 18.3 Å². The van der Waals surface area contributed by atoms with Gasteiger partial charge in [0.25, 0.3) is 5.56 Å². The van der Waals surface area contributed by atoms with E-state index in [2.05, 4.69) is 15.4 Å². The van der Waals surface area contributed by atoms with E-state index < -0.39 is 17.3 Å². The van der Waals surface area contributed by atoms with E-state index >= 15 is 0 Å². The summed E-state index contributed by atoms with van der Waals surface area (Å²) in [5, 5.41) is 6.86. The van der Waals surface area contributed by atoms with Gasteiger partial charge in [0.05, 0.1) is 24.6 Å². The minimum absolute atomic E-state index is 0.0849. The molecule has 2 aromatic heterocycles. The van der Waals surface area contributed by atoms with E-state index in [-0.39, 0.29) is 29.2 Å². The predicted octanol–water partition coefficient (Wildman–Crippen LogP) is 2.97. The molecule has 0 aliphatic heterocycles. The van der Waals surface area contributed by atoms with Gasteiger partial charge in [-0.05, 0) is 36.2 Å². The van der Waals surface area contributed by atoms with Crippen LogP contribution in [0.1, 0.15) is 11.1 Å². The number of hydrogen-bond donors (Lipinski definition) is 1. The van der Waals surface area contributed by atoms with Crippen LogP contribution >= 0.6 is 0 Å². The van der Waals surface area contributed by atoms with Gasteiger partial charge in [0.2, 0.25) is 5.91 Å². The van der Waals surface area contributed by atoms with E-state index in [9.17, 15) is 22.8 Å². The molecular weight excluding hydrogens is 451 g/mol. The quantitative estimate of drug-likeness (QED) is 0.448. The fraction of sp³-hybridized carbons (Fsp3) is 0.217. The number of amides is 1. The molecule has 1 amide bonds. The maximum atomic E-state index is 13.0. The highest BCUT2D eigenvalue weighted by molar-refractivity contribution is 5.77. The molecule has 2 heterocycles. The third-order valence-corrected chi connectivity index (χ3v) is 5.20. The van der Waals surface area contributed by atoms with Crippen LogP contribution in [0.2, 0.25) is 0 Å². The number of methoxy groups -OCH3 is 1. The van der Waals surface area contributed by atoms with Crippen LogP contribution in [0.25, 0.3) is 16.7 Å². The summed E-state index contributed by atoms with van der Waals surface area (Å²) in [5.74, 6) is 0.337. The van der Waals surface area contributed by atoms with E-state index in [1.807, 2.05) is 24.3 Å². The smallest absolute Gasteiger partial charge is 0.416 e. The second kappa shape index (κ2) is 9.38. The number of halogens is 3. The van der Waals surface area contributed by atoms with Crippen LogP contribution in [0.5, 0.6) is 5.75 Å². The molecule has 0 unspecified atom stereocenters. The molecule has 11 heteroatoms. The molecule has 0 radical (unpaired) electrons. The SMILES string of the molecule is COc1ccccc1CCNC(=O)Cn1cnc2c(cnn2-c2cccc(C(F)(F)F)c2)c1=O. The highest BCUT2D eigenvalue weighted by atomic mass is 19.4. The number of nitrogens with zero attached hydrogens (tertiary/aromatic N) is 4. The van der Waals surface area contributed by atoms with Crippen molar-refractivity contribution in [1.29, 1.82) is 0 Å².